The zero-order valence-corrected chi connectivity index (χ0v) is 12.9. The molecule has 1 aromatic carbocycles. The van der Waals surface area contributed by atoms with Crippen LogP contribution in [0.2, 0.25) is 0 Å². The van der Waals surface area contributed by atoms with Crippen LogP contribution in [0.3, 0.4) is 0 Å². The van der Waals surface area contributed by atoms with Gasteiger partial charge in [0.25, 0.3) is 11.6 Å². The number of esters is 1. The normalized spacial score (nSPS) is 11.8. The molecule has 0 saturated carbocycles. The first kappa shape index (κ1) is 17.6. The number of benzene rings is 1. The van der Waals surface area contributed by atoms with Gasteiger partial charge in [-0.2, -0.15) is 0 Å². The highest BCUT2D eigenvalue weighted by atomic mass is 16.6. The summed E-state index contributed by atoms with van der Waals surface area (Å²) < 4.78 is 5.03. The number of nitrogens with one attached hydrogen (secondary N) is 1. The lowest BCUT2D eigenvalue weighted by Crippen LogP contribution is -2.30. The molecule has 0 fully saturated rings. The van der Waals surface area contributed by atoms with Gasteiger partial charge in [0.05, 0.1) is 4.92 Å². The highest BCUT2D eigenvalue weighted by Crippen LogP contribution is 2.17. The zero-order chi connectivity index (χ0) is 16.7. The van der Waals surface area contributed by atoms with Crippen molar-refractivity contribution in [3.63, 3.8) is 0 Å². The van der Waals surface area contributed by atoms with E-state index in [1.54, 1.807) is 0 Å². The standard InChI is InChI=1S/C15H20N2O5/c1-10(2)7-8-14(18)22-11(3)15(19)16-12-5-4-6-13(9-12)17(20)21/h4-6,9-11H,7-8H2,1-3H3,(H,16,19). The first-order chi connectivity index (χ1) is 10.3. The number of nitro benzene ring substituents is 1. The van der Waals surface area contributed by atoms with E-state index >= 15 is 0 Å². The number of carbonyl (C=O) groups excluding carboxylic acids is 2. The van der Waals surface area contributed by atoms with Gasteiger partial charge in [-0.1, -0.05) is 19.9 Å². The molecule has 1 unspecified atom stereocenters. The van der Waals surface area contributed by atoms with Crippen LogP contribution < -0.4 is 5.32 Å². The monoisotopic (exact) mass is 308 g/mol. The van der Waals surface area contributed by atoms with Crippen LogP contribution in [0, 0.1) is 16.0 Å². The van der Waals surface area contributed by atoms with Crippen molar-refractivity contribution < 1.29 is 19.2 Å². The average Bonchev–Trinajstić information content (AvgIpc) is 2.45. The predicted molar refractivity (Wildman–Crippen MR) is 81.4 cm³/mol. The number of nitrogens with zero attached hydrogens (tertiary/aromatic N) is 1. The molecule has 7 heteroatoms. The van der Waals surface area contributed by atoms with Crippen molar-refractivity contribution >= 4 is 23.3 Å². The first-order valence-corrected chi connectivity index (χ1v) is 7.04. The van der Waals surface area contributed by atoms with Crippen molar-refractivity contribution in [1.82, 2.24) is 0 Å². The van der Waals surface area contributed by atoms with Crippen LogP contribution in [0.1, 0.15) is 33.6 Å². The largest absolute Gasteiger partial charge is 0.453 e. The predicted octanol–water partition coefficient (Wildman–Crippen LogP) is 2.90. The highest BCUT2D eigenvalue weighted by molar-refractivity contribution is 5.95. The van der Waals surface area contributed by atoms with Crippen LogP contribution in [-0.4, -0.2) is 22.9 Å². The van der Waals surface area contributed by atoms with Crippen LogP contribution in [0.5, 0.6) is 0 Å². The van der Waals surface area contributed by atoms with Crippen molar-refractivity contribution in [3.8, 4) is 0 Å². The Labute approximate surface area is 128 Å². The zero-order valence-electron chi connectivity index (χ0n) is 12.9. The Morgan fingerprint density at radius 2 is 2.00 bits per heavy atom. The number of nitro groups is 1. The lowest BCUT2D eigenvalue weighted by molar-refractivity contribution is -0.384. The van der Waals surface area contributed by atoms with Gasteiger partial charge in [-0.3, -0.25) is 19.7 Å². The number of carbonyl (C=O) groups is 2. The molecule has 0 spiro atoms. The van der Waals surface area contributed by atoms with Crippen LogP contribution in [-0.2, 0) is 14.3 Å². The van der Waals surface area contributed by atoms with E-state index in [1.165, 1.54) is 31.2 Å². The number of non-ortho nitro benzene ring substituents is 1. The molecular weight excluding hydrogens is 288 g/mol. The third-order valence-electron chi connectivity index (χ3n) is 2.93. The number of hydrogen-bond acceptors (Lipinski definition) is 5. The van der Waals surface area contributed by atoms with E-state index in [1.807, 2.05) is 13.8 Å². The second kappa shape index (κ2) is 8.11. The summed E-state index contributed by atoms with van der Waals surface area (Å²) in [6.45, 7) is 5.44. The number of rotatable bonds is 7. The van der Waals surface area contributed by atoms with Gasteiger partial charge in [-0.25, -0.2) is 0 Å². The Balaban J connectivity index is 2.55. The minimum Gasteiger partial charge on any atom is -0.453 e. The van der Waals surface area contributed by atoms with Gasteiger partial charge in [0.1, 0.15) is 0 Å². The van der Waals surface area contributed by atoms with Gasteiger partial charge in [0.2, 0.25) is 0 Å². The van der Waals surface area contributed by atoms with Gasteiger partial charge >= 0.3 is 5.97 Å². The number of amides is 1. The molecule has 0 bridgehead atoms. The topological polar surface area (TPSA) is 98.5 Å². The van der Waals surface area contributed by atoms with E-state index < -0.39 is 22.9 Å². The SMILES string of the molecule is CC(C)CCC(=O)OC(C)C(=O)Nc1cccc([N+](=O)[O-])c1. The summed E-state index contributed by atoms with van der Waals surface area (Å²) in [5, 5.41) is 13.2. The molecule has 22 heavy (non-hydrogen) atoms. The van der Waals surface area contributed by atoms with Crippen molar-refractivity contribution in [2.75, 3.05) is 5.32 Å². The molecule has 1 rings (SSSR count). The number of anilines is 1. The summed E-state index contributed by atoms with van der Waals surface area (Å²) in [4.78, 5) is 33.6. The summed E-state index contributed by atoms with van der Waals surface area (Å²) in [5.74, 6) is -0.588. The van der Waals surface area contributed by atoms with Crippen LogP contribution >= 0.6 is 0 Å². The molecule has 1 amide bonds. The molecule has 0 saturated heterocycles. The Morgan fingerprint density at radius 3 is 2.59 bits per heavy atom. The van der Waals surface area contributed by atoms with E-state index in [4.69, 9.17) is 4.74 Å². The molecule has 120 valence electrons. The molecular formula is C15H20N2O5. The lowest BCUT2D eigenvalue weighted by atomic mass is 10.1. The quantitative estimate of drug-likeness (QED) is 0.474. The van der Waals surface area contributed by atoms with E-state index in [2.05, 4.69) is 5.32 Å². The molecule has 7 nitrogen and oxygen atoms in total. The minimum atomic E-state index is -0.959. The Hall–Kier alpha value is -2.44. The van der Waals surface area contributed by atoms with Crippen molar-refractivity contribution in [2.24, 2.45) is 5.92 Å². The van der Waals surface area contributed by atoms with Gasteiger partial charge in [0, 0.05) is 24.2 Å². The molecule has 1 N–H and O–H groups in total. The fraction of sp³-hybridized carbons (Fsp3) is 0.467. The molecule has 0 heterocycles. The van der Waals surface area contributed by atoms with Gasteiger partial charge in [-0.05, 0) is 25.3 Å². The maximum atomic E-state index is 11.9. The summed E-state index contributed by atoms with van der Waals surface area (Å²) in [6, 6.07) is 5.56. The third kappa shape index (κ3) is 5.90. The van der Waals surface area contributed by atoms with E-state index in [9.17, 15) is 19.7 Å². The summed E-state index contributed by atoms with van der Waals surface area (Å²) in [6.07, 6.45) is -0.0108. The third-order valence-corrected chi connectivity index (χ3v) is 2.93. The molecule has 1 atom stereocenters. The van der Waals surface area contributed by atoms with Gasteiger partial charge in [-0.15, -0.1) is 0 Å². The maximum Gasteiger partial charge on any atom is 0.306 e. The number of hydrogen-bond donors (Lipinski definition) is 1. The second-order valence-electron chi connectivity index (χ2n) is 5.36. The Morgan fingerprint density at radius 1 is 1.32 bits per heavy atom. The lowest BCUT2D eigenvalue weighted by Gasteiger charge is -2.14. The molecule has 0 aromatic heterocycles. The molecule has 0 aliphatic carbocycles. The van der Waals surface area contributed by atoms with Crippen LogP contribution in [0.15, 0.2) is 24.3 Å². The van der Waals surface area contributed by atoms with E-state index in [-0.39, 0.29) is 17.8 Å². The number of ether oxygens (including phenoxy) is 1. The minimum absolute atomic E-state index is 0.126. The summed E-state index contributed by atoms with van der Waals surface area (Å²) in [7, 11) is 0. The summed E-state index contributed by atoms with van der Waals surface area (Å²) in [5.41, 5.74) is 0.156. The van der Waals surface area contributed by atoms with Gasteiger partial charge in [0.15, 0.2) is 6.10 Å². The van der Waals surface area contributed by atoms with Crippen LogP contribution in [0.25, 0.3) is 0 Å². The Kier molecular flexibility index (Phi) is 6.49. The van der Waals surface area contributed by atoms with Crippen molar-refractivity contribution in [3.05, 3.63) is 34.4 Å². The summed E-state index contributed by atoms with van der Waals surface area (Å²) >= 11 is 0. The fourth-order valence-electron chi connectivity index (χ4n) is 1.66. The maximum absolute atomic E-state index is 11.9. The molecule has 0 aliphatic rings. The Bertz CT molecular complexity index is 557. The first-order valence-electron chi connectivity index (χ1n) is 7.04. The van der Waals surface area contributed by atoms with Crippen molar-refractivity contribution in [1.29, 1.82) is 0 Å². The average molecular weight is 308 g/mol. The van der Waals surface area contributed by atoms with Gasteiger partial charge < -0.3 is 10.1 Å². The fourth-order valence-corrected chi connectivity index (χ4v) is 1.66. The van der Waals surface area contributed by atoms with E-state index in [0.29, 0.717) is 12.3 Å². The molecule has 1 aromatic rings. The van der Waals surface area contributed by atoms with Crippen LogP contribution in [0.4, 0.5) is 11.4 Å². The second-order valence-corrected chi connectivity index (χ2v) is 5.36. The van der Waals surface area contributed by atoms with E-state index in [0.717, 1.165) is 0 Å². The smallest absolute Gasteiger partial charge is 0.306 e. The highest BCUT2D eigenvalue weighted by Gasteiger charge is 2.18. The van der Waals surface area contributed by atoms with Crippen molar-refractivity contribution in [2.45, 2.75) is 39.7 Å². The molecule has 0 aliphatic heterocycles. The molecule has 0 radical (unpaired) electrons.